The lowest BCUT2D eigenvalue weighted by atomic mass is 9.85. The lowest BCUT2D eigenvalue weighted by Gasteiger charge is -2.25. The first kappa shape index (κ1) is 11.7. The summed E-state index contributed by atoms with van der Waals surface area (Å²) in [4.78, 5) is 0. The molecule has 0 saturated heterocycles. The third-order valence-electron chi connectivity index (χ3n) is 2.32. The Labute approximate surface area is 94.0 Å². The van der Waals surface area contributed by atoms with Crippen molar-refractivity contribution in [2.24, 2.45) is 5.73 Å². The van der Waals surface area contributed by atoms with Crippen LogP contribution in [0.25, 0.3) is 0 Å². The Hall–Kier alpha value is -0.380. The van der Waals surface area contributed by atoms with E-state index in [2.05, 4.69) is 53.3 Å². The lowest BCUT2D eigenvalue weighted by Crippen LogP contribution is -2.35. The summed E-state index contributed by atoms with van der Waals surface area (Å²) in [6.45, 7) is 5.83. The van der Waals surface area contributed by atoms with Gasteiger partial charge in [-0.05, 0) is 17.7 Å². The summed E-state index contributed by atoms with van der Waals surface area (Å²) >= 11 is 3.48. The summed E-state index contributed by atoms with van der Waals surface area (Å²) in [6, 6.07) is 8.39. The number of hydrogen-bond donors (Lipinski definition) is 2. The molecule has 0 aliphatic rings. The molecule has 1 rings (SSSR count). The molecule has 1 aromatic carbocycles. The Balaban J connectivity index is 2.80. The Bertz CT molecular complexity index is 297. The van der Waals surface area contributed by atoms with Crippen LogP contribution in [0.3, 0.4) is 0 Å². The number of nitrogens with one attached hydrogen (secondary N) is 1. The molecular weight excluding hydrogens is 240 g/mol. The normalized spacial score (nSPS) is 11.7. The molecule has 0 bridgehead atoms. The van der Waals surface area contributed by atoms with Crippen molar-refractivity contribution in [1.29, 1.82) is 0 Å². The highest BCUT2D eigenvalue weighted by Gasteiger charge is 2.19. The van der Waals surface area contributed by atoms with Crippen molar-refractivity contribution in [2.75, 3.05) is 13.2 Å². The second-order valence-corrected chi connectivity index (χ2v) is 4.94. The minimum absolute atomic E-state index is 0.114. The summed E-state index contributed by atoms with van der Waals surface area (Å²) in [5.41, 5.74) is 6.85. The fourth-order valence-corrected chi connectivity index (χ4v) is 1.80. The number of rotatable bonds is 4. The average Bonchev–Trinajstić information content (AvgIpc) is 2.15. The molecule has 14 heavy (non-hydrogen) atoms. The van der Waals surface area contributed by atoms with Gasteiger partial charge in [-0.15, -0.1) is 0 Å². The second-order valence-electron chi connectivity index (χ2n) is 4.03. The van der Waals surface area contributed by atoms with Gasteiger partial charge >= 0.3 is 0 Å². The van der Waals surface area contributed by atoms with E-state index in [4.69, 9.17) is 5.73 Å². The van der Waals surface area contributed by atoms with Gasteiger partial charge in [0.15, 0.2) is 0 Å². The van der Waals surface area contributed by atoms with Crippen molar-refractivity contribution in [3.8, 4) is 0 Å². The van der Waals surface area contributed by atoms with E-state index in [1.165, 1.54) is 5.56 Å². The van der Waals surface area contributed by atoms with Crippen molar-refractivity contribution in [1.82, 2.24) is 5.32 Å². The van der Waals surface area contributed by atoms with E-state index < -0.39 is 0 Å². The number of nitrogens with two attached hydrogens (primary N) is 1. The summed E-state index contributed by atoms with van der Waals surface area (Å²) in [7, 11) is 0. The summed E-state index contributed by atoms with van der Waals surface area (Å²) < 4.78 is 1.12. The highest BCUT2D eigenvalue weighted by Crippen LogP contribution is 2.24. The van der Waals surface area contributed by atoms with Gasteiger partial charge in [-0.25, -0.2) is 0 Å². The van der Waals surface area contributed by atoms with Crippen LogP contribution in [0.4, 0.5) is 0 Å². The van der Waals surface area contributed by atoms with Crippen molar-refractivity contribution in [2.45, 2.75) is 19.3 Å². The molecule has 0 heterocycles. The summed E-state index contributed by atoms with van der Waals surface area (Å²) in [5, 5.41) is 3.17. The first-order chi connectivity index (χ1) is 6.56. The molecule has 1 aromatic rings. The molecule has 0 amide bonds. The van der Waals surface area contributed by atoms with Gasteiger partial charge in [-0.2, -0.15) is 0 Å². The zero-order chi connectivity index (χ0) is 10.6. The van der Waals surface area contributed by atoms with Gasteiger partial charge in [0.05, 0.1) is 0 Å². The Morgan fingerprint density at radius 3 is 2.71 bits per heavy atom. The number of halogens is 1. The topological polar surface area (TPSA) is 38.0 Å². The zero-order valence-electron chi connectivity index (χ0n) is 8.68. The molecule has 0 atom stereocenters. The molecule has 0 aliphatic heterocycles. The van der Waals surface area contributed by atoms with Crippen LogP contribution in [-0.2, 0) is 5.41 Å². The van der Waals surface area contributed by atoms with E-state index >= 15 is 0 Å². The Morgan fingerprint density at radius 2 is 2.14 bits per heavy atom. The van der Waals surface area contributed by atoms with E-state index in [1.54, 1.807) is 0 Å². The minimum atomic E-state index is 0.114. The van der Waals surface area contributed by atoms with Gasteiger partial charge in [0, 0.05) is 23.1 Å². The minimum Gasteiger partial charge on any atom is -0.318 e. The largest absolute Gasteiger partial charge is 0.318 e. The van der Waals surface area contributed by atoms with E-state index in [0.29, 0.717) is 6.67 Å². The van der Waals surface area contributed by atoms with Crippen molar-refractivity contribution in [3.05, 3.63) is 34.3 Å². The van der Waals surface area contributed by atoms with Crippen molar-refractivity contribution < 1.29 is 0 Å². The maximum Gasteiger partial charge on any atom is 0.0429 e. The zero-order valence-corrected chi connectivity index (χ0v) is 10.3. The standard InChI is InChI=1S/C11H17BrN2/c1-11(2,7-14-8-13)9-4-3-5-10(12)6-9/h3-6,14H,7-8,13H2,1-2H3. The average molecular weight is 257 g/mol. The third-order valence-corrected chi connectivity index (χ3v) is 2.81. The number of hydrogen-bond acceptors (Lipinski definition) is 2. The first-order valence-electron chi connectivity index (χ1n) is 4.73. The van der Waals surface area contributed by atoms with Gasteiger partial charge in [-0.1, -0.05) is 41.9 Å². The second kappa shape index (κ2) is 4.91. The molecular formula is C11H17BrN2. The molecule has 0 unspecified atom stereocenters. The van der Waals surface area contributed by atoms with E-state index in [0.717, 1.165) is 11.0 Å². The number of benzene rings is 1. The van der Waals surface area contributed by atoms with Crippen LogP contribution in [0.5, 0.6) is 0 Å². The van der Waals surface area contributed by atoms with Crippen LogP contribution in [0.1, 0.15) is 19.4 Å². The molecule has 3 heteroatoms. The van der Waals surface area contributed by atoms with Crippen LogP contribution in [-0.4, -0.2) is 13.2 Å². The molecule has 0 radical (unpaired) electrons. The fourth-order valence-electron chi connectivity index (χ4n) is 1.40. The molecule has 0 aromatic heterocycles. The van der Waals surface area contributed by atoms with E-state index in [1.807, 2.05) is 6.07 Å². The van der Waals surface area contributed by atoms with Gasteiger partial charge in [0.25, 0.3) is 0 Å². The quantitative estimate of drug-likeness (QED) is 0.812. The SMILES string of the molecule is CC(C)(CNCN)c1cccc(Br)c1. The van der Waals surface area contributed by atoms with Crippen LogP contribution in [0.15, 0.2) is 28.7 Å². The fraction of sp³-hybridized carbons (Fsp3) is 0.455. The van der Waals surface area contributed by atoms with Crippen LogP contribution >= 0.6 is 15.9 Å². The predicted octanol–water partition coefficient (Wildman–Crippen LogP) is 2.23. The van der Waals surface area contributed by atoms with Crippen LogP contribution in [0, 0.1) is 0 Å². The summed E-state index contributed by atoms with van der Waals surface area (Å²) in [6.07, 6.45) is 0. The molecule has 0 fully saturated rings. The van der Waals surface area contributed by atoms with Crippen LogP contribution in [0.2, 0.25) is 0 Å². The molecule has 0 spiro atoms. The van der Waals surface area contributed by atoms with Crippen molar-refractivity contribution in [3.63, 3.8) is 0 Å². The van der Waals surface area contributed by atoms with Crippen molar-refractivity contribution >= 4 is 15.9 Å². The molecule has 3 N–H and O–H groups in total. The molecule has 78 valence electrons. The monoisotopic (exact) mass is 256 g/mol. The Morgan fingerprint density at radius 1 is 1.43 bits per heavy atom. The van der Waals surface area contributed by atoms with Gasteiger partial charge < -0.3 is 11.1 Å². The van der Waals surface area contributed by atoms with Crippen LogP contribution < -0.4 is 11.1 Å². The van der Waals surface area contributed by atoms with E-state index in [9.17, 15) is 0 Å². The van der Waals surface area contributed by atoms with Gasteiger partial charge in [-0.3, -0.25) is 0 Å². The summed E-state index contributed by atoms with van der Waals surface area (Å²) in [5.74, 6) is 0. The maximum atomic E-state index is 5.42. The highest BCUT2D eigenvalue weighted by atomic mass is 79.9. The molecule has 0 saturated carbocycles. The highest BCUT2D eigenvalue weighted by molar-refractivity contribution is 9.10. The maximum absolute atomic E-state index is 5.42. The Kier molecular flexibility index (Phi) is 4.11. The smallest absolute Gasteiger partial charge is 0.0429 e. The van der Waals surface area contributed by atoms with Gasteiger partial charge in [0.2, 0.25) is 0 Å². The first-order valence-corrected chi connectivity index (χ1v) is 5.52. The van der Waals surface area contributed by atoms with Gasteiger partial charge in [0.1, 0.15) is 0 Å². The molecule has 0 aliphatic carbocycles. The van der Waals surface area contributed by atoms with E-state index in [-0.39, 0.29) is 5.41 Å². The third kappa shape index (κ3) is 3.08. The predicted molar refractivity (Wildman–Crippen MR) is 64.2 cm³/mol. The molecule has 2 nitrogen and oxygen atoms in total. The lowest BCUT2D eigenvalue weighted by molar-refractivity contribution is 0.474.